The number of pyridine rings is 1. The maximum absolute atomic E-state index is 5.77. The van der Waals surface area contributed by atoms with Gasteiger partial charge < -0.3 is 5.32 Å². The summed E-state index contributed by atoms with van der Waals surface area (Å²) in [5.41, 5.74) is 8.69. The summed E-state index contributed by atoms with van der Waals surface area (Å²) in [5, 5.41) is 8.10. The van der Waals surface area contributed by atoms with E-state index in [9.17, 15) is 0 Å². The standard InChI is InChI=1S/C26H30N4S/c1-6-18(3)14-25-24(17-29-30(25)22-12-8-19(4)9-13-22)23(7-2)26(31)28-16-21-11-10-20(5)27-15-21/h7-15,17H,6,16H2,1-5H3,(H,28,31)/b18-14+,23-7+. The lowest BCUT2D eigenvalue weighted by molar-refractivity contribution is 0.868. The highest BCUT2D eigenvalue weighted by Crippen LogP contribution is 2.26. The van der Waals surface area contributed by atoms with Crippen LogP contribution >= 0.6 is 12.2 Å². The van der Waals surface area contributed by atoms with Crippen LogP contribution in [0.1, 0.15) is 55.3 Å². The smallest absolute Gasteiger partial charge is 0.107 e. The highest BCUT2D eigenvalue weighted by atomic mass is 32.1. The van der Waals surface area contributed by atoms with Gasteiger partial charge in [-0.25, -0.2) is 4.68 Å². The third-order valence-corrected chi connectivity index (χ3v) is 5.64. The molecule has 2 heterocycles. The molecule has 0 saturated heterocycles. The Hall–Kier alpha value is -3.05. The molecule has 3 aromatic rings. The Morgan fingerprint density at radius 3 is 2.45 bits per heavy atom. The fraction of sp³-hybridized carbons (Fsp3) is 0.269. The van der Waals surface area contributed by atoms with Crippen molar-refractivity contribution in [2.24, 2.45) is 0 Å². The van der Waals surface area contributed by atoms with E-state index in [-0.39, 0.29) is 0 Å². The number of nitrogens with one attached hydrogen (secondary N) is 1. The van der Waals surface area contributed by atoms with Gasteiger partial charge >= 0.3 is 0 Å². The van der Waals surface area contributed by atoms with Gasteiger partial charge in [-0.05, 0) is 64.0 Å². The van der Waals surface area contributed by atoms with Crippen LogP contribution in [-0.2, 0) is 6.54 Å². The number of hydrogen-bond acceptors (Lipinski definition) is 3. The van der Waals surface area contributed by atoms with Gasteiger partial charge in [-0.15, -0.1) is 0 Å². The maximum atomic E-state index is 5.77. The first-order valence-electron chi connectivity index (χ1n) is 10.6. The Labute approximate surface area is 190 Å². The SMILES string of the molecule is C/C=C(/C(=S)NCc1ccc(C)nc1)c1cnn(-c2ccc(C)cc2)c1/C=C(\C)CC. The van der Waals surface area contributed by atoms with Crippen molar-refractivity contribution < 1.29 is 0 Å². The van der Waals surface area contributed by atoms with E-state index in [1.54, 1.807) is 0 Å². The molecule has 0 atom stereocenters. The van der Waals surface area contributed by atoms with Crippen LogP contribution in [0, 0.1) is 13.8 Å². The molecule has 0 unspecified atom stereocenters. The Balaban J connectivity index is 1.94. The van der Waals surface area contributed by atoms with Crippen molar-refractivity contribution in [2.45, 2.75) is 47.6 Å². The average Bonchev–Trinajstić information content (AvgIpc) is 3.17. The molecule has 160 valence electrons. The zero-order valence-electron chi connectivity index (χ0n) is 18.9. The van der Waals surface area contributed by atoms with Gasteiger partial charge in [-0.1, -0.05) is 54.6 Å². The maximum Gasteiger partial charge on any atom is 0.107 e. The van der Waals surface area contributed by atoms with Gasteiger partial charge in [0.2, 0.25) is 0 Å². The van der Waals surface area contributed by atoms with Crippen molar-refractivity contribution in [1.82, 2.24) is 20.1 Å². The molecule has 0 bridgehead atoms. The lowest BCUT2D eigenvalue weighted by atomic mass is 10.0. The number of aryl methyl sites for hydroxylation is 2. The number of benzene rings is 1. The summed E-state index contributed by atoms with van der Waals surface area (Å²) >= 11 is 5.77. The molecule has 0 amide bonds. The van der Waals surface area contributed by atoms with Gasteiger partial charge in [0.1, 0.15) is 4.99 Å². The van der Waals surface area contributed by atoms with Crippen LogP contribution in [0.4, 0.5) is 0 Å². The minimum absolute atomic E-state index is 0.634. The zero-order chi connectivity index (χ0) is 22.4. The van der Waals surface area contributed by atoms with Crippen molar-refractivity contribution >= 4 is 28.9 Å². The molecule has 0 aliphatic heterocycles. The van der Waals surface area contributed by atoms with Crippen LogP contribution in [0.15, 0.2) is 60.4 Å². The second-order valence-corrected chi connectivity index (χ2v) is 8.14. The minimum atomic E-state index is 0.634. The van der Waals surface area contributed by atoms with Crippen molar-refractivity contribution in [3.63, 3.8) is 0 Å². The molecule has 5 heteroatoms. The van der Waals surface area contributed by atoms with E-state index in [1.165, 1.54) is 11.1 Å². The second-order valence-electron chi connectivity index (χ2n) is 7.73. The van der Waals surface area contributed by atoms with Crippen LogP contribution in [0.25, 0.3) is 17.3 Å². The zero-order valence-corrected chi connectivity index (χ0v) is 19.8. The van der Waals surface area contributed by atoms with Crippen molar-refractivity contribution in [1.29, 1.82) is 0 Å². The second kappa shape index (κ2) is 10.3. The molecule has 0 spiro atoms. The molecule has 0 fully saturated rings. The Morgan fingerprint density at radius 2 is 1.84 bits per heavy atom. The summed E-state index contributed by atoms with van der Waals surface area (Å²) < 4.78 is 1.99. The predicted octanol–water partition coefficient (Wildman–Crippen LogP) is 6.22. The highest BCUT2D eigenvalue weighted by molar-refractivity contribution is 7.81. The third kappa shape index (κ3) is 5.56. The van der Waals surface area contributed by atoms with E-state index in [4.69, 9.17) is 17.3 Å². The van der Waals surface area contributed by atoms with Crippen LogP contribution < -0.4 is 5.32 Å². The number of rotatable bonds is 7. The highest BCUT2D eigenvalue weighted by Gasteiger charge is 2.17. The van der Waals surface area contributed by atoms with Gasteiger partial charge in [0.15, 0.2) is 0 Å². The first-order valence-corrected chi connectivity index (χ1v) is 11.0. The van der Waals surface area contributed by atoms with Crippen LogP contribution in [-0.4, -0.2) is 19.8 Å². The van der Waals surface area contributed by atoms with Gasteiger partial charge in [0.25, 0.3) is 0 Å². The molecular formula is C26H30N4S. The van der Waals surface area contributed by atoms with E-state index in [1.807, 2.05) is 37.0 Å². The topological polar surface area (TPSA) is 42.7 Å². The van der Waals surface area contributed by atoms with E-state index < -0.39 is 0 Å². The monoisotopic (exact) mass is 430 g/mol. The molecule has 0 radical (unpaired) electrons. The van der Waals surface area contributed by atoms with E-state index in [0.29, 0.717) is 11.5 Å². The minimum Gasteiger partial charge on any atom is -0.372 e. The number of nitrogens with zero attached hydrogens (tertiary/aromatic N) is 3. The Kier molecular flexibility index (Phi) is 7.53. The average molecular weight is 431 g/mol. The number of hydrogen-bond donors (Lipinski definition) is 1. The summed E-state index contributed by atoms with van der Waals surface area (Å²) in [5.74, 6) is 0. The largest absolute Gasteiger partial charge is 0.372 e. The quantitative estimate of drug-likeness (QED) is 0.357. The molecule has 1 N–H and O–H groups in total. The van der Waals surface area contributed by atoms with Crippen LogP contribution in [0.3, 0.4) is 0 Å². The summed E-state index contributed by atoms with van der Waals surface area (Å²) in [4.78, 5) is 5.06. The van der Waals surface area contributed by atoms with Gasteiger partial charge in [0, 0.05) is 29.6 Å². The molecule has 0 aliphatic carbocycles. The summed E-state index contributed by atoms with van der Waals surface area (Å²) in [6.07, 6.45) is 9.03. The summed E-state index contributed by atoms with van der Waals surface area (Å²) in [7, 11) is 0. The van der Waals surface area contributed by atoms with E-state index >= 15 is 0 Å². The third-order valence-electron chi connectivity index (χ3n) is 5.27. The molecule has 1 aromatic carbocycles. The van der Waals surface area contributed by atoms with Crippen molar-refractivity contribution in [2.75, 3.05) is 0 Å². The fourth-order valence-electron chi connectivity index (χ4n) is 3.22. The summed E-state index contributed by atoms with van der Waals surface area (Å²) in [6.45, 7) is 11.0. The first-order chi connectivity index (χ1) is 14.9. The van der Waals surface area contributed by atoms with Gasteiger partial charge in [-0.2, -0.15) is 5.10 Å². The van der Waals surface area contributed by atoms with Crippen molar-refractivity contribution in [3.8, 4) is 5.69 Å². The molecule has 0 aliphatic rings. The molecule has 3 rings (SSSR count). The van der Waals surface area contributed by atoms with Gasteiger partial charge in [0.05, 0.1) is 17.6 Å². The Morgan fingerprint density at radius 1 is 1.10 bits per heavy atom. The molecule has 31 heavy (non-hydrogen) atoms. The number of allylic oxidation sites excluding steroid dienone is 2. The molecule has 0 saturated carbocycles. The van der Waals surface area contributed by atoms with Gasteiger partial charge in [-0.3, -0.25) is 4.98 Å². The molecular weight excluding hydrogens is 400 g/mol. The van der Waals surface area contributed by atoms with Crippen molar-refractivity contribution in [3.05, 3.63) is 88.5 Å². The first kappa shape index (κ1) is 22.6. The molecule has 2 aromatic heterocycles. The fourth-order valence-corrected chi connectivity index (χ4v) is 3.52. The molecule has 4 nitrogen and oxygen atoms in total. The Bertz CT molecular complexity index is 1100. The predicted molar refractivity (Wildman–Crippen MR) is 134 cm³/mol. The van der Waals surface area contributed by atoms with E-state index in [2.05, 4.69) is 73.6 Å². The van der Waals surface area contributed by atoms with E-state index in [0.717, 1.165) is 40.2 Å². The number of thiocarbonyl (C=S) groups is 1. The lowest BCUT2D eigenvalue weighted by Gasteiger charge is -2.13. The van der Waals surface area contributed by atoms with Crippen LogP contribution in [0.2, 0.25) is 0 Å². The normalized spacial score (nSPS) is 12.2. The van der Waals surface area contributed by atoms with Crippen LogP contribution in [0.5, 0.6) is 0 Å². The lowest BCUT2D eigenvalue weighted by Crippen LogP contribution is -2.22. The number of aromatic nitrogens is 3. The summed E-state index contributed by atoms with van der Waals surface area (Å²) in [6, 6.07) is 12.5.